The number of nitrogens with one attached hydrogen (secondary N) is 1. The van der Waals surface area contributed by atoms with Gasteiger partial charge in [-0.15, -0.1) is 0 Å². The number of hydrogen-bond donors (Lipinski definition) is 1. The van der Waals surface area contributed by atoms with Crippen LogP contribution in [-0.4, -0.2) is 0 Å². The quantitative estimate of drug-likeness (QED) is 0.922. The highest BCUT2D eigenvalue weighted by Gasteiger charge is 2.07. The Labute approximate surface area is 108 Å². The lowest BCUT2D eigenvalue weighted by atomic mass is 10.1. The number of halogens is 2. The zero-order valence-corrected chi connectivity index (χ0v) is 11.0. The summed E-state index contributed by atoms with van der Waals surface area (Å²) < 4.78 is 19.1. The van der Waals surface area contributed by atoms with Gasteiger partial charge < -0.3 is 9.73 Å². The Morgan fingerprint density at radius 1 is 1.35 bits per heavy atom. The van der Waals surface area contributed by atoms with E-state index in [4.69, 9.17) is 4.42 Å². The van der Waals surface area contributed by atoms with Gasteiger partial charge in [-0.3, -0.25) is 0 Å². The molecule has 0 aliphatic rings. The van der Waals surface area contributed by atoms with Crippen molar-refractivity contribution in [2.75, 3.05) is 0 Å². The molecule has 0 saturated carbocycles. The van der Waals surface area contributed by atoms with Crippen LogP contribution in [0.5, 0.6) is 0 Å². The van der Waals surface area contributed by atoms with E-state index in [1.54, 1.807) is 6.07 Å². The molecule has 2 rings (SSSR count). The Morgan fingerprint density at radius 2 is 2.18 bits per heavy atom. The predicted octanol–water partition coefficient (Wildman–Crippen LogP) is 4.03. The molecule has 0 aliphatic carbocycles. The van der Waals surface area contributed by atoms with Gasteiger partial charge in [0.15, 0.2) is 4.67 Å². The Kier molecular flexibility index (Phi) is 3.97. The molecule has 1 aromatic heterocycles. The molecule has 0 spiro atoms. The summed E-state index contributed by atoms with van der Waals surface area (Å²) in [6, 6.07) is 10.4. The van der Waals surface area contributed by atoms with Crippen LogP contribution in [0.1, 0.15) is 24.3 Å². The van der Waals surface area contributed by atoms with Gasteiger partial charge in [0.05, 0.1) is 6.54 Å². The lowest BCUT2D eigenvalue weighted by Gasteiger charge is -2.13. The van der Waals surface area contributed by atoms with Gasteiger partial charge in [0.2, 0.25) is 0 Å². The van der Waals surface area contributed by atoms with E-state index in [2.05, 4.69) is 21.2 Å². The van der Waals surface area contributed by atoms with Crippen LogP contribution in [0.3, 0.4) is 0 Å². The SMILES string of the molecule is CC(NCc1ccc(Br)o1)c1cccc(F)c1. The third-order valence-corrected chi connectivity index (χ3v) is 2.99. The van der Waals surface area contributed by atoms with E-state index in [-0.39, 0.29) is 11.9 Å². The standard InChI is InChI=1S/C13H13BrFNO/c1-9(10-3-2-4-11(15)7-10)16-8-12-5-6-13(14)17-12/h2-7,9,16H,8H2,1H3. The van der Waals surface area contributed by atoms with Gasteiger partial charge in [-0.05, 0) is 52.7 Å². The average Bonchev–Trinajstić information content (AvgIpc) is 2.72. The minimum absolute atomic E-state index is 0.0783. The highest BCUT2D eigenvalue weighted by molar-refractivity contribution is 9.10. The Hall–Kier alpha value is -1.13. The van der Waals surface area contributed by atoms with Gasteiger partial charge in [-0.25, -0.2) is 4.39 Å². The van der Waals surface area contributed by atoms with Crippen molar-refractivity contribution in [2.24, 2.45) is 0 Å². The second kappa shape index (κ2) is 5.47. The second-order valence-corrected chi connectivity index (χ2v) is 4.64. The van der Waals surface area contributed by atoms with Gasteiger partial charge in [0.1, 0.15) is 11.6 Å². The van der Waals surface area contributed by atoms with Gasteiger partial charge in [-0.1, -0.05) is 12.1 Å². The molecule has 2 nitrogen and oxygen atoms in total. The molecule has 0 saturated heterocycles. The van der Waals surface area contributed by atoms with Crippen molar-refractivity contribution in [1.29, 1.82) is 0 Å². The van der Waals surface area contributed by atoms with Crippen LogP contribution in [0, 0.1) is 5.82 Å². The number of rotatable bonds is 4. The minimum Gasteiger partial charge on any atom is -0.453 e. The first kappa shape index (κ1) is 12.3. The average molecular weight is 298 g/mol. The molecule has 1 aromatic carbocycles. The lowest BCUT2D eigenvalue weighted by molar-refractivity contribution is 0.446. The third kappa shape index (κ3) is 3.41. The molecule has 2 aromatic rings. The Balaban J connectivity index is 1.95. The topological polar surface area (TPSA) is 25.2 Å². The van der Waals surface area contributed by atoms with E-state index >= 15 is 0 Å². The van der Waals surface area contributed by atoms with Crippen LogP contribution >= 0.6 is 15.9 Å². The second-order valence-electron chi connectivity index (χ2n) is 3.86. The number of benzene rings is 1. The van der Waals surface area contributed by atoms with E-state index in [0.717, 1.165) is 11.3 Å². The van der Waals surface area contributed by atoms with Crippen molar-refractivity contribution in [3.05, 3.63) is 58.2 Å². The zero-order valence-electron chi connectivity index (χ0n) is 9.41. The summed E-state index contributed by atoms with van der Waals surface area (Å²) >= 11 is 3.25. The highest BCUT2D eigenvalue weighted by Crippen LogP contribution is 2.17. The molecule has 0 fully saturated rings. The summed E-state index contributed by atoms with van der Waals surface area (Å²) in [5, 5.41) is 3.27. The maximum absolute atomic E-state index is 13.0. The summed E-state index contributed by atoms with van der Waals surface area (Å²) in [5.41, 5.74) is 0.927. The first-order chi connectivity index (χ1) is 8.15. The summed E-state index contributed by atoms with van der Waals surface area (Å²) in [6.07, 6.45) is 0. The van der Waals surface area contributed by atoms with E-state index in [1.807, 2.05) is 25.1 Å². The van der Waals surface area contributed by atoms with Crippen molar-refractivity contribution in [3.8, 4) is 0 Å². The molecule has 0 bridgehead atoms. The van der Waals surface area contributed by atoms with Crippen molar-refractivity contribution < 1.29 is 8.81 Å². The van der Waals surface area contributed by atoms with Crippen molar-refractivity contribution in [3.63, 3.8) is 0 Å². The minimum atomic E-state index is -0.211. The molecule has 0 aliphatic heterocycles. The van der Waals surface area contributed by atoms with Crippen molar-refractivity contribution in [1.82, 2.24) is 5.32 Å². The molecule has 1 atom stereocenters. The maximum atomic E-state index is 13.0. The van der Waals surface area contributed by atoms with Crippen LogP contribution in [0.15, 0.2) is 45.5 Å². The predicted molar refractivity (Wildman–Crippen MR) is 68.1 cm³/mol. The van der Waals surface area contributed by atoms with Gasteiger partial charge in [0.25, 0.3) is 0 Å². The fraction of sp³-hybridized carbons (Fsp3) is 0.231. The Bertz CT molecular complexity index is 498. The van der Waals surface area contributed by atoms with Crippen molar-refractivity contribution >= 4 is 15.9 Å². The molecule has 1 unspecified atom stereocenters. The van der Waals surface area contributed by atoms with E-state index < -0.39 is 0 Å². The van der Waals surface area contributed by atoms with Crippen LogP contribution in [0.25, 0.3) is 0 Å². The van der Waals surface area contributed by atoms with Crippen LogP contribution in [0.4, 0.5) is 4.39 Å². The lowest BCUT2D eigenvalue weighted by Crippen LogP contribution is -2.17. The van der Waals surface area contributed by atoms with Gasteiger partial charge in [-0.2, -0.15) is 0 Å². The number of furan rings is 1. The molecule has 90 valence electrons. The summed E-state index contributed by atoms with van der Waals surface area (Å²) in [4.78, 5) is 0. The number of hydrogen-bond acceptors (Lipinski definition) is 2. The van der Waals surface area contributed by atoms with Gasteiger partial charge >= 0.3 is 0 Å². The molecule has 0 radical (unpaired) electrons. The van der Waals surface area contributed by atoms with E-state index in [9.17, 15) is 4.39 Å². The van der Waals surface area contributed by atoms with Crippen LogP contribution in [-0.2, 0) is 6.54 Å². The smallest absolute Gasteiger partial charge is 0.169 e. The third-order valence-electron chi connectivity index (χ3n) is 2.56. The molecule has 4 heteroatoms. The molecular formula is C13H13BrFNO. The maximum Gasteiger partial charge on any atom is 0.169 e. The molecule has 1 N–H and O–H groups in total. The highest BCUT2D eigenvalue weighted by atomic mass is 79.9. The van der Waals surface area contributed by atoms with E-state index in [1.165, 1.54) is 12.1 Å². The fourth-order valence-electron chi connectivity index (χ4n) is 1.59. The zero-order chi connectivity index (χ0) is 12.3. The summed E-state index contributed by atoms with van der Waals surface area (Å²) in [5.74, 6) is 0.636. The van der Waals surface area contributed by atoms with Crippen LogP contribution < -0.4 is 5.32 Å². The summed E-state index contributed by atoms with van der Waals surface area (Å²) in [7, 11) is 0. The van der Waals surface area contributed by atoms with E-state index in [0.29, 0.717) is 11.2 Å². The fourth-order valence-corrected chi connectivity index (χ4v) is 1.93. The first-order valence-electron chi connectivity index (χ1n) is 5.38. The van der Waals surface area contributed by atoms with Crippen LogP contribution in [0.2, 0.25) is 0 Å². The molecule has 0 amide bonds. The Morgan fingerprint density at radius 3 is 2.82 bits per heavy atom. The molecule has 17 heavy (non-hydrogen) atoms. The normalized spacial score (nSPS) is 12.6. The summed E-state index contributed by atoms with van der Waals surface area (Å²) in [6.45, 7) is 2.61. The first-order valence-corrected chi connectivity index (χ1v) is 6.17. The molecular weight excluding hydrogens is 285 g/mol. The molecule has 1 heterocycles. The monoisotopic (exact) mass is 297 g/mol. The largest absolute Gasteiger partial charge is 0.453 e. The van der Waals surface area contributed by atoms with Crippen molar-refractivity contribution in [2.45, 2.75) is 19.5 Å². The van der Waals surface area contributed by atoms with Gasteiger partial charge in [0, 0.05) is 6.04 Å².